The van der Waals surface area contributed by atoms with Crippen LogP contribution >= 0.6 is 0 Å². The molecule has 0 aliphatic heterocycles. The Balaban J connectivity index is 2.59. The molecule has 1 N–H and O–H groups in total. The Morgan fingerprint density at radius 3 is 2.65 bits per heavy atom. The third-order valence-electron chi connectivity index (χ3n) is 2.79. The lowest BCUT2D eigenvalue weighted by Gasteiger charge is -2.16. The first kappa shape index (κ1) is 16.2. The molecule has 0 bridgehead atoms. The molecule has 1 rings (SSSR count). The molecular formula is C16H21NO3. The fraction of sp³-hybridized carbons (Fsp3) is 0.438. The van der Waals surface area contributed by atoms with Crippen LogP contribution in [0.3, 0.4) is 0 Å². The largest absolute Gasteiger partial charge is 0.395 e. The fourth-order valence-electron chi connectivity index (χ4n) is 1.68. The minimum atomic E-state index is -0.00373. The summed E-state index contributed by atoms with van der Waals surface area (Å²) in [4.78, 5) is 13.8. The number of rotatable bonds is 6. The van der Waals surface area contributed by atoms with Gasteiger partial charge in [0.15, 0.2) is 0 Å². The van der Waals surface area contributed by atoms with Crippen LogP contribution in [0.25, 0.3) is 0 Å². The van der Waals surface area contributed by atoms with Gasteiger partial charge in [-0.3, -0.25) is 4.79 Å². The molecule has 0 aliphatic rings. The number of carbonyl (C=O) groups excluding carboxylic acids is 1. The Morgan fingerprint density at radius 2 is 2.05 bits per heavy atom. The van der Waals surface area contributed by atoms with Gasteiger partial charge in [-0.2, -0.15) is 0 Å². The van der Waals surface area contributed by atoms with E-state index in [1.165, 1.54) is 0 Å². The van der Waals surface area contributed by atoms with Crippen molar-refractivity contribution in [1.29, 1.82) is 0 Å². The van der Waals surface area contributed by atoms with Crippen molar-refractivity contribution in [3.8, 4) is 11.8 Å². The van der Waals surface area contributed by atoms with E-state index in [9.17, 15) is 4.79 Å². The molecule has 1 amide bonds. The summed E-state index contributed by atoms with van der Waals surface area (Å²) in [5.74, 6) is 5.78. The van der Waals surface area contributed by atoms with Gasteiger partial charge in [-0.05, 0) is 30.7 Å². The van der Waals surface area contributed by atoms with Crippen molar-refractivity contribution in [1.82, 2.24) is 4.90 Å². The molecule has 0 aliphatic carbocycles. The second-order valence-electron chi connectivity index (χ2n) is 4.43. The van der Waals surface area contributed by atoms with Crippen LogP contribution in [0.1, 0.15) is 28.8 Å². The van der Waals surface area contributed by atoms with E-state index in [0.29, 0.717) is 25.1 Å². The van der Waals surface area contributed by atoms with Gasteiger partial charge in [0.1, 0.15) is 0 Å². The molecule has 0 unspecified atom stereocenters. The highest BCUT2D eigenvalue weighted by molar-refractivity contribution is 5.94. The zero-order valence-corrected chi connectivity index (χ0v) is 12.1. The van der Waals surface area contributed by atoms with E-state index < -0.39 is 0 Å². The minimum Gasteiger partial charge on any atom is -0.395 e. The summed E-state index contributed by atoms with van der Waals surface area (Å²) in [6.07, 6.45) is 1.28. The van der Waals surface area contributed by atoms with Crippen LogP contribution in [0, 0.1) is 11.8 Å². The summed E-state index contributed by atoms with van der Waals surface area (Å²) in [6.45, 7) is 1.39. The molecule has 0 saturated heterocycles. The van der Waals surface area contributed by atoms with Crippen LogP contribution in [0.5, 0.6) is 0 Å². The summed E-state index contributed by atoms with van der Waals surface area (Å²) in [5.41, 5.74) is 1.50. The maximum atomic E-state index is 12.1. The first-order chi connectivity index (χ1) is 9.69. The van der Waals surface area contributed by atoms with Gasteiger partial charge < -0.3 is 14.7 Å². The van der Waals surface area contributed by atoms with Crippen molar-refractivity contribution in [3.05, 3.63) is 35.4 Å². The maximum absolute atomic E-state index is 12.1. The van der Waals surface area contributed by atoms with Crippen LogP contribution in [-0.4, -0.2) is 49.8 Å². The van der Waals surface area contributed by atoms with Crippen molar-refractivity contribution in [2.45, 2.75) is 12.8 Å². The zero-order chi connectivity index (χ0) is 14.8. The second kappa shape index (κ2) is 9.13. The third-order valence-corrected chi connectivity index (χ3v) is 2.79. The van der Waals surface area contributed by atoms with Crippen LogP contribution in [-0.2, 0) is 4.74 Å². The molecule has 0 radical (unpaired) electrons. The number of amides is 1. The van der Waals surface area contributed by atoms with E-state index in [1.807, 2.05) is 12.1 Å². The Morgan fingerprint density at radius 1 is 1.35 bits per heavy atom. The lowest BCUT2D eigenvalue weighted by molar-refractivity contribution is 0.0779. The third kappa shape index (κ3) is 5.43. The predicted octanol–water partition coefficient (Wildman–Crippen LogP) is 1.53. The Hall–Kier alpha value is -1.83. The van der Waals surface area contributed by atoms with Crippen LogP contribution in [0.15, 0.2) is 24.3 Å². The van der Waals surface area contributed by atoms with Crippen LogP contribution in [0.2, 0.25) is 0 Å². The van der Waals surface area contributed by atoms with Gasteiger partial charge in [-0.15, -0.1) is 0 Å². The molecule has 1 aromatic rings. The lowest BCUT2D eigenvalue weighted by Crippen LogP contribution is -2.28. The quantitative estimate of drug-likeness (QED) is 0.633. The van der Waals surface area contributed by atoms with Gasteiger partial charge >= 0.3 is 0 Å². The van der Waals surface area contributed by atoms with Crippen molar-refractivity contribution in [3.63, 3.8) is 0 Å². The number of hydrogen-bond donors (Lipinski definition) is 1. The summed E-state index contributed by atoms with van der Waals surface area (Å²) >= 11 is 0. The fourth-order valence-corrected chi connectivity index (χ4v) is 1.68. The molecule has 0 saturated carbocycles. The molecule has 0 aromatic heterocycles. The van der Waals surface area contributed by atoms with Gasteiger partial charge in [-0.25, -0.2) is 0 Å². The Labute approximate surface area is 120 Å². The molecule has 0 fully saturated rings. The second-order valence-corrected chi connectivity index (χ2v) is 4.43. The van der Waals surface area contributed by atoms with E-state index in [0.717, 1.165) is 12.0 Å². The molecular weight excluding hydrogens is 254 g/mol. The summed E-state index contributed by atoms with van der Waals surface area (Å²) in [7, 11) is 3.44. The molecule has 20 heavy (non-hydrogen) atoms. The van der Waals surface area contributed by atoms with Gasteiger partial charge in [0, 0.05) is 44.9 Å². The van der Waals surface area contributed by atoms with Crippen molar-refractivity contribution in [2.75, 3.05) is 33.9 Å². The number of carbonyl (C=O) groups is 1. The van der Waals surface area contributed by atoms with Gasteiger partial charge in [-0.1, -0.05) is 11.8 Å². The van der Waals surface area contributed by atoms with E-state index >= 15 is 0 Å². The van der Waals surface area contributed by atoms with Gasteiger partial charge in [0.05, 0.1) is 6.61 Å². The number of hydrogen-bond acceptors (Lipinski definition) is 3. The topological polar surface area (TPSA) is 49.8 Å². The van der Waals surface area contributed by atoms with E-state index in [4.69, 9.17) is 9.84 Å². The highest BCUT2D eigenvalue weighted by Crippen LogP contribution is 2.07. The SMILES string of the molecule is COCCCN(C)C(=O)c1ccc(C#CCCO)cc1. The van der Waals surface area contributed by atoms with E-state index in [2.05, 4.69) is 11.8 Å². The molecule has 1 aromatic carbocycles. The number of nitrogens with zero attached hydrogens (tertiary/aromatic N) is 1. The first-order valence-electron chi connectivity index (χ1n) is 6.63. The number of benzene rings is 1. The average molecular weight is 275 g/mol. The minimum absolute atomic E-state index is 0.00373. The number of aliphatic hydroxyl groups is 1. The number of methoxy groups -OCH3 is 1. The Kier molecular flexibility index (Phi) is 7.41. The highest BCUT2D eigenvalue weighted by Gasteiger charge is 2.10. The van der Waals surface area contributed by atoms with Gasteiger partial charge in [0.25, 0.3) is 5.91 Å². The molecule has 0 heterocycles. The first-order valence-corrected chi connectivity index (χ1v) is 6.63. The Bertz CT molecular complexity index is 471. The zero-order valence-electron chi connectivity index (χ0n) is 12.1. The highest BCUT2D eigenvalue weighted by atomic mass is 16.5. The number of aliphatic hydroxyl groups excluding tert-OH is 1. The lowest BCUT2D eigenvalue weighted by atomic mass is 10.1. The van der Waals surface area contributed by atoms with E-state index in [-0.39, 0.29) is 12.5 Å². The van der Waals surface area contributed by atoms with Crippen LogP contribution < -0.4 is 0 Å². The van der Waals surface area contributed by atoms with Crippen LogP contribution in [0.4, 0.5) is 0 Å². The molecule has 4 nitrogen and oxygen atoms in total. The van der Waals surface area contributed by atoms with Crippen molar-refractivity contribution in [2.24, 2.45) is 0 Å². The number of ether oxygens (including phenoxy) is 1. The molecule has 0 atom stereocenters. The summed E-state index contributed by atoms with van der Waals surface area (Å²) < 4.78 is 4.97. The molecule has 108 valence electrons. The standard InChI is InChI=1S/C16H21NO3/c1-17(11-5-13-20-2)16(19)15-9-7-14(8-10-15)6-3-4-12-18/h7-10,18H,4-5,11-13H2,1-2H3. The molecule has 4 heteroatoms. The maximum Gasteiger partial charge on any atom is 0.253 e. The molecule has 0 spiro atoms. The monoisotopic (exact) mass is 275 g/mol. The normalized spacial score (nSPS) is 9.75. The smallest absolute Gasteiger partial charge is 0.253 e. The van der Waals surface area contributed by atoms with E-state index in [1.54, 1.807) is 31.2 Å². The summed E-state index contributed by atoms with van der Waals surface area (Å²) in [5, 5.41) is 8.65. The van der Waals surface area contributed by atoms with Gasteiger partial charge in [0.2, 0.25) is 0 Å². The van der Waals surface area contributed by atoms with Crippen molar-refractivity contribution >= 4 is 5.91 Å². The predicted molar refractivity (Wildman–Crippen MR) is 78.5 cm³/mol. The van der Waals surface area contributed by atoms with Crippen molar-refractivity contribution < 1.29 is 14.6 Å². The average Bonchev–Trinajstić information content (AvgIpc) is 2.47. The summed E-state index contributed by atoms with van der Waals surface area (Å²) in [6, 6.07) is 7.19.